The largest absolute Gasteiger partial charge is 0.352 e. The van der Waals surface area contributed by atoms with Crippen molar-refractivity contribution in [3.63, 3.8) is 0 Å². The molecule has 6 rings (SSSR count). The van der Waals surface area contributed by atoms with Gasteiger partial charge in [0.15, 0.2) is 0 Å². The van der Waals surface area contributed by atoms with E-state index in [1.807, 2.05) is 30.3 Å². The molecule has 1 aliphatic heterocycles. The van der Waals surface area contributed by atoms with E-state index in [0.29, 0.717) is 24.9 Å². The molecule has 154 valence electrons. The number of hydrogen-bond acceptors (Lipinski definition) is 5. The second kappa shape index (κ2) is 7.20. The van der Waals surface area contributed by atoms with Crippen LogP contribution < -0.4 is 9.62 Å². The molecular formula is C21H31N3O3S. The van der Waals surface area contributed by atoms with Crippen LogP contribution in [0.2, 0.25) is 0 Å². The maximum Gasteiger partial charge on any atom is 0.236 e. The average molecular weight is 406 g/mol. The van der Waals surface area contributed by atoms with Gasteiger partial charge in [0.25, 0.3) is 0 Å². The maximum atomic E-state index is 12.9. The molecule has 28 heavy (non-hydrogen) atoms. The standard InChI is InChI=1S/C21H31N3O3S/c25-20(22-21-17-10-15-9-16(12-17)13-18(21)11-15)14-23-7-4-8-24(28(23,26)27)19-5-2-1-3-6-19/h1-3,5-6,15-18,21,26-27H,4,7-14H2,(H,22,25). The van der Waals surface area contributed by atoms with E-state index in [1.54, 1.807) is 8.61 Å². The molecule has 0 aromatic heterocycles. The first-order valence-corrected chi connectivity index (χ1v) is 12.1. The van der Waals surface area contributed by atoms with Crippen molar-refractivity contribution in [2.75, 3.05) is 23.9 Å². The van der Waals surface area contributed by atoms with Crippen molar-refractivity contribution in [2.24, 2.45) is 23.7 Å². The van der Waals surface area contributed by atoms with Gasteiger partial charge >= 0.3 is 0 Å². The molecule has 0 radical (unpaired) electrons. The number of anilines is 1. The third kappa shape index (κ3) is 3.32. The predicted octanol–water partition coefficient (Wildman–Crippen LogP) is 3.72. The van der Waals surface area contributed by atoms with Gasteiger partial charge in [0, 0.05) is 19.1 Å². The SMILES string of the molecule is O=C(CN1CCCN(c2ccccc2)S1(O)O)NC1C2CC3CC(C2)CC1C3. The van der Waals surface area contributed by atoms with Crippen LogP contribution in [-0.2, 0) is 4.79 Å². The van der Waals surface area contributed by atoms with Crippen molar-refractivity contribution in [2.45, 2.75) is 44.6 Å². The van der Waals surface area contributed by atoms with Crippen LogP contribution in [0.5, 0.6) is 0 Å². The zero-order chi connectivity index (χ0) is 19.3. The molecule has 4 bridgehead atoms. The maximum absolute atomic E-state index is 12.9. The van der Waals surface area contributed by atoms with Crippen LogP contribution in [-0.4, -0.2) is 45.0 Å². The van der Waals surface area contributed by atoms with E-state index in [-0.39, 0.29) is 18.5 Å². The van der Waals surface area contributed by atoms with E-state index in [1.165, 1.54) is 32.1 Å². The molecule has 1 heterocycles. The number of nitrogens with zero attached hydrogens (tertiary/aromatic N) is 2. The van der Waals surface area contributed by atoms with Crippen molar-refractivity contribution in [1.29, 1.82) is 0 Å². The van der Waals surface area contributed by atoms with Crippen molar-refractivity contribution < 1.29 is 13.9 Å². The summed E-state index contributed by atoms with van der Waals surface area (Å²) in [5.74, 6) is 2.95. The van der Waals surface area contributed by atoms with Crippen molar-refractivity contribution in [3.05, 3.63) is 30.3 Å². The molecule has 6 nitrogen and oxygen atoms in total. The molecular weight excluding hydrogens is 374 g/mol. The second-order valence-electron chi connectivity index (χ2n) is 9.17. The number of rotatable bonds is 4. The highest BCUT2D eigenvalue weighted by Gasteiger charge is 2.48. The zero-order valence-corrected chi connectivity index (χ0v) is 17.1. The molecule has 5 aliphatic rings. The first kappa shape index (κ1) is 18.7. The summed E-state index contributed by atoms with van der Waals surface area (Å²) in [6.45, 7) is 1.16. The summed E-state index contributed by atoms with van der Waals surface area (Å²) in [4.78, 5) is 12.9. The van der Waals surface area contributed by atoms with Gasteiger partial charge in [0.2, 0.25) is 5.91 Å². The van der Waals surface area contributed by atoms with Gasteiger partial charge in [-0.25, -0.2) is 0 Å². The molecule has 4 saturated carbocycles. The third-order valence-electron chi connectivity index (χ3n) is 7.33. The molecule has 7 heteroatoms. The zero-order valence-electron chi connectivity index (χ0n) is 16.2. The number of carbonyl (C=O) groups excluding carboxylic acids is 1. The van der Waals surface area contributed by atoms with Crippen molar-refractivity contribution in [3.8, 4) is 0 Å². The lowest BCUT2D eigenvalue weighted by atomic mass is 9.54. The minimum atomic E-state index is -3.17. The Morgan fingerprint density at radius 1 is 1.00 bits per heavy atom. The molecule has 4 aliphatic carbocycles. The topological polar surface area (TPSA) is 76.0 Å². The van der Waals surface area contributed by atoms with Crippen LogP contribution in [0.3, 0.4) is 0 Å². The number of para-hydroxylation sites is 1. The van der Waals surface area contributed by atoms with Gasteiger partial charge < -0.3 is 5.32 Å². The van der Waals surface area contributed by atoms with Gasteiger partial charge in [-0.05, 0) is 74.3 Å². The molecule has 0 atom stereocenters. The summed E-state index contributed by atoms with van der Waals surface area (Å²) in [5.41, 5.74) is 0.786. The lowest BCUT2D eigenvalue weighted by Crippen LogP contribution is -2.57. The minimum absolute atomic E-state index is 0.0501. The van der Waals surface area contributed by atoms with Gasteiger partial charge in [-0.15, -0.1) is 0 Å². The Labute approximate surface area is 168 Å². The fourth-order valence-electron chi connectivity index (χ4n) is 6.36. The summed E-state index contributed by atoms with van der Waals surface area (Å²) < 4.78 is 25.0. The fourth-order valence-corrected chi connectivity index (χ4v) is 8.08. The highest BCUT2D eigenvalue weighted by molar-refractivity contribution is 8.23. The van der Waals surface area contributed by atoms with Crippen molar-refractivity contribution >= 4 is 22.6 Å². The van der Waals surface area contributed by atoms with Crippen LogP contribution in [0.1, 0.15) is 38.5 Å². The Balaban J connectivity index is 1.24. The van der Waals surface area contributed by atoms with Crippen LogP contribution >= 0.6 is 11.0 Å². The Kier molecular flexibility index (Phi) is 4.82. The number of benzene rings is 1. The van der Waals surface area contributed by atoms with Gasteiger partial charge in [-0.3, -0.25) is 18.2 Å². The molecule has 5 fully saturated rings. The predicted molar refractivity (Wildman–Crippen MR) is 112 cm³/mol. The molecule has 1 amide bonds. The van der Waals surface area contributed by atoms with Crippen LogP contribution in [0.25, 0.3) is 0 Å². The fraction of sp³-hybridized carbons (Fsp3) is 0.667. The summed E-state index contributed by atoms with van der Waals surface area (Å²) in [7, 11) is -3.17. The monoisotopic (exact) mass is 405 g/mol. The smallest absolute Gasteiger partial charge is 0.236 e. The average Bonchev–Trinajstić information content (AvgIpc) is 2.66. The van der Waals surface area contributed by atoms with E-state index in [0.717, 1.165) is 23.9 Å². The molecule has 1 aromatic rings. The molecule has 0 spiro atoms. The van der Waals surface area contributed by atoms with Crippen LogP contribution in [0.4, 0.5) is 5.69 Å². The Morgan fingerprint density at radius 2 is 1.64 bits per heavy atom. The van der Waals surface area contributed by atoms with Crippen molar-refractivity contribution in [1.82, 2.24) is 9.62 Å². The molecule has 1 aromatic carbocycles. The first-order chi connectivity index (χ1) is 13.5. The number of hydrogen-bond donors (Lipinski definition) is 3. The molecule has 1 saturated heterocycles. The van der Waals surface area contributed by atoms with E-state index in [2.05, 4.69) is 5.32 Å². The van der Waals surface area contributed by atoms with E-state index in [9.17, 15) is 13.9 Å². The van der Waals surface area contributed by atoms with E-state index >= 15 is 0 Å². The summed E-state index contributed by atoms with van der Waals surface area (Å²) in [5, 5.41) is 3.29. The lowest BCUT2D eigenvalue weighted by Gasteiger charge is -2.55. The highest BCUT2D eigenvalue weighted by Crippen LogP contribution is 2.54. The second-order valence-corrected chi connectivity index (χ2v) is 11.1. The quantitative estimate of drug-likeness (QED) is 0.712. The number of carbonyl (C=O) groups is 1. The summed E-state index contributed by atoms with van der Waals surface area (Å²) in [6, 6.07) is 9.75. The minimum Gasteiger partial charge on any atom is -0.352 e. The number of amides is 1. The normalized spacial score (nSPS) is 37.6. The molecule has 3 N–H and O–H groups in total. The van der Waals surface area contributed by atoms with Gasteiger partial charge in [-0.2, -0.15) is 4.31 Å². The number of nitrogens with one attached hydrogen (secondary N) is 1. The van der Waals surface area contributed by atoms with Crippen LogP contribution in [0, 0.1) is 23.7 Å². The Morgan fingerprint density at radius 3 is 2.29 bits per heavy atom. The van der Waals surface area contributed by atoms with E-state index in [4.69, 9.17) is 0 Å². The molecule has 0 unspecified atom stereocenters. The summed E-state index contributed by atoms with van der Waals surface area (Å²) in [6.07, 6.45) is 7.25. The highest BCUT2D eigenvalue weighted by atomic mass is 32.3. The van der Waals surface area contributed by atoms with Gasteiger partial charge in [-0.1, -0.05) is 29.2 Å². The lowest BCUT2D eigenvalue weighted by molar-refractivity contribution is -0.125. The van der Waals surface area contributed by atoms with Crippen LogP contribution in [0.15, 0.2) is 30.3 Å². The Hall–Kier alpha value is -1.28. The Bertz CT molecular complexity index is 701. The first-order valence-electron chi connectivity index (χ1n) is 10.7. The van der Waals surface area contributed by atoms with Gasteiger partial charge in [0.1, 0.15) is 0 Å². The van der Waals surface area contributed by atoms with E-state index < -0.39 is 11.0 Å². The summed E-state index contributed by atoms with van der Waals surface area (Å²) >= 11 is 0. The van der Waals surface area contributed by atoms with Gasteiger partial charge in [0.05, 0.1) is 12.2 Å². The third-order valence-corrected chi connectivity index (χ3v) is 9.32.